The van der Waals surface area contributed by atoms with Gasteiger partial charge in [0.25, 0.3) is 0 Å². The first kappa shape index (κ1) is 36.6. The van der Waals surface area contributed by atoms with E-state index in [2.05, 4.69) is 0 Å². The van der Waals surface area contributed by atoms with Gasteiger partial charge in [-0.05, 0) is 70.8 Å². The van der Waals surface area contributed by atoms with E-state index in [0.29, 0.717) is 86.3 Å². The van der Waals surface area contributed by atoms with Gasteiger partial charge in [-0.15, -0.1) is 0 Å². The number of hydrogen-bond donors (Lipinski definition) is 0. The smallest absolute Gasteiger partial charge is 0.207 e. The van der Waals surface area contributed by atoms with Gasteiger partial charge in [-0.1, -0.05) is 121 Å². The minimum absolute atomic E-state index is 0.257. The van der Waals surface area contributed by atoms with Crippen LogP contribution in [0.5, 0.6) is 0 Å². The van der Waals surface area contributed by atoms with Crippen molar-refractivity contribution >= 4 is 39.3 Å². The Bertz CT molecular complexity index is 3230. The molecule has 292 valence electrons. The van der Waals surface area contributed by atoms with Gasteiger partial charge in [0.2, 0.25) is 39.3 Å². The van der Waals surface area contributed by atoms with Crippen molar-refractivity contribution in [3.63, 3.8) is 0 Å². The Hall–Kier alpha value is -6.44. The summed E-state index contributed by atoms with van der Waals surface area (Å²) in [5.41, 5.74) is 8.17. The van der Waals surface area contributed by atoms with Gasteiger partial charge in [-0.3, -0.25) is 0 Å². The molecule has 0 aromatic heterocycles. The first-order valence-electron chi connectivity index (χ1n) is 18.7. The second-order valence-corrected chi connectivity index (χ2v) is 22.4. The summed E-state index contributed by atoms with van der Waals surface area (Å²) >= 11 is 0. The van der Waals surface area contributed by atoms with Gasteiger partial charge in [0.15, 0.2) is 0 Å². The summed E-state index contributed by atoms with van der Waals surface area (Å²) in [6.45, 7) is 0. The summed E-state index contributed by atoms with van der Waals surface area (Å²) in [6, 6.07) is 48.9. The molecule has 4 aliphatic rings. The van der Waals surface area contributed by atoms with E-state index >= 15 is 0 Å². The fraction of sp³-hybridized carbons (Fsp3) is 0. The molecule has 12 heteroatoms. The highest BCUT2D eigenvalue weighted by molar-refractivity contribution is 7.93. The largest absolute Gasteiger partial charge is 0.218 e. The highest BCUT2D eigenvalue weighted by atomic mass is 32.2. The van der Waals surface area contributed by atoms with Crippen molar-refractivity contribution in [3.8, 4) is 66.8 Å². The quantitative estimate of drug-likeness (QED) is 0.168. The molecule has 0 spiro atoms. The van der Waals surface area contributed by atoms with Crippen molar-refractivity contribution in [2.75, 3.05) is 0 Å². The predicted molar refractivity (Wildman–Crippen MR) is 227 cm³/mol. The fourth-order valence-corrected chi connectivity index (χ4v) is 15.6. The summed E-state index contributed by atoms with van der Waals surface area (Å²) in [5, 5.41) is 0. The number of benzene rings is 8. The van der Waals surface area contributed by atoms with E-state index in [1.165, 1.54) is 0 Å². The van der Waals surface area contributed by atoms with Crippen LogP contribution < -0.4 is 0 Å². The Morgan fingerprint density at radius 2 is 0.383 bits per heavy atom. The van der Waals surface area contributed by atoms with Gasteiger partial charge >= 0.3 is 0 Å². The Labute approximate surface area is 346 Å². The zero-order chi connectivity index (χ0) is 41.3. The predicted octanol–water partition coefficient (Wildman–Crippen LogP) is 9.96. The van der Waals surface area contributed by atoms with Crippen molar-refractivity contribution in [1.82, 2.24) is 0 Å². The number of fused-ring (bicyclic) bond motifs is 12. The second kappa shape index (κ2) is 12.5. The Balaban J connectivity index is 0.000000136. The van der Waals surface area contributed by atoms with Crippen LogP contribution in [-0.2, 0) is 39.3 Å². The Morgan fingerprint density at radius 3 is 0.600 bits per heavy atom. The molecule has 0 atom stereocenters. The monoisotopic (exact) mass is 860 g/mol. The molecule has 8 aromatic rings. The molecule has 8 nitrogen and oxygen atoms in total. The summed E-state index contributed by atoms with van der Waals surface area (Å²) in [5.74, 6) is 0. The Kier molecular flexibility index (Phi) is 7.65. The molecule has 0 saturated heterocycles. The van der Waals surface area contributed by atoms with Crippen molar-refractivity contribution in [1.29, 1.82) is 0 Å². The first-order chi connectivity index (χ1) is 28.8. The molecule has 12 rings (SSSR count). The van der Waals surface area contributed by atoms with E-state index in [9.17, 15) is 33.7 Å². The van der Waals surface area contributed by atoms with Crippen LogP contribution in [0.25, 0.3) is 66.8 Å². The first-order valence-corrected chi connectivity index (χ1v) is 24.7. The van der Waals surface area contributed by atoms with E-state index in [1.807, 2.05) is 48.5 Å². The molecule has 4 heterocycles. The lowest BCUT2D eigenvalue weighted by molar-refractivity contribution is 0.597. The van der Waals surface area contributed by atoms with Gasteiger partial charge in [-0.25, -0.2) is 33.7 Å². The molecule has 4 aliphatic heterocycles. The molecule has 0 N–H and O–H groups in total. The zero-order valence-electron chi connectivity index (χ0n) is 31.1. The van der Waals surface area contributed by atoms with Crippen LogP contribution >= 0.6 is 0 Å². The molecule has 0 fully saturated rings. The van der Waals surface area contributed by atoms with E-state index in [1.54, 1.807) is 121 Å². The standard InChI is InChI=1S/2C24H14O4S2/c2*25-29(26)21-7-3-1-5-17(21)19-11-9-15(13-23(19)29)16-10-12-20-18-6-2-4-8-22(18)30(27,28)24(20)14-16/h2*1-14H. The Morgan fingerprint density at radius 1 is 0.200 bits per heavy atom. The van der Waals surface area contributed by atoms with Crippen LogP contribution in [0.2, 0.25) is 0 Å². The fourth-order valence-electron chi connectivity index (χ4n) is 8.75. The van der Waals surface area contributed by atoms with Gasteiger partial charge in [-0.2, -0.15) is 0 Å². The summed E-state index contributed by atoms with van der Waals surface area (Å²) < 4.78 is 104. The average molecular weight is 861 g/mol. The summed E-state index contributed by atoms with van der Waals surface area (Å²) in [7, 11) is -14.4. The minimum Gasteiger partial charge on any atom is -0.218 e. The molecule has 0 unspecified atom stereocenters. The van der Waals surface area contributed by atoms with Crippen molar-refractivity contribution in [3.05, 3.63) is 170 Å². The van der Waals surface area contributed by atoms with E-state index in [0.717, 1.165) is 0 Å². The lowest BCUT2D eigenvalue weighted by Gasteiger charge is -2.08. The normalized spacial score (nSPS) is 16.4. The number of sulfone groups is 4. The number of rotatable bonds is 2. The lowest BCUT2D eigenvalue weighted by Crippen LogP contribution is -1.98. The van der Waals surface area contributed by atoms with Crippen molar-refractivity contribution in [2.45, 2.75) is 39.2 Å². The lowest BCUT2D eigenvalue weighted by atomic mass is 9.98. The molecule has 0 amide bonds. The van der Waals surface area contributed by atoms with Crippen molar-refractivity contribution < 1.29 is 33.7 Å². The van der Waals surface area contributed by atoms with Crippen LogP contribution in [0.1, 0.15) is 0 Å². The van der Waals surface area contributed by atoms with Gasteiger partial charge < -0.3 is 0 Å². The molecule has 0 saturated carbocycles. The molecule has 8 aromatic carbocycles. The van der Waals surface area contributed by atoms with Crippen LogP contribution in [0.15, 0.2) is 209 Å². The highest BCUT2D eigenvalue weighted by Crippen LogP contribution is 2.49. The second-order valence-electron chi connectivity index (χ2n) is 14.8. The minimum atomic E-state index is -3.59. The van der Waals surface area contributed by atoms with Gasteiger partial charge in [0.1, 0.15) is 0 Å². The topological polar surface area (TPSA) is 137 Å². The molecule has 0 aliphatic carbocycles. The third-order valence-corrected chi connectivity index (χ3v) is 19.0. The number of hydrogen-bond acceptors (Lipinski definition) is 8. The van der Waals surface area contributed by atoms with Crippen LogP contribution in [-0.4, -0.2) is 33.7 Å². The molecular weight excluding hydrogens is 833 g/mol. The SMILES string of the molecule is O=S1(=O)c2ccccc2-c2ccc(-c3ccc4c(c3)S(=O)(=O)c3ccccc3-4)cc21.O=S1(=O)c2ccccc2-c2ccc(-c3ccc4c(c3)S(=O)(=O)c3ccccc3-4)cc21. The van der Waals surface area contributed by atoms with E-state index in [4.69, 9.17) is 0 Å². The van der Waals surface area contributed by atoms with Crippen LogP contribution in [0, 0.1) is 0 Å². The third kappa shape index (κ3) is 5.05. The van der Waals surface area contributed by atoms with Crippen LogP contribution in [0.4, 0.5) is 0 Å². The molecule has 0 bridgehead atoms. The van der Waals surface area contributed by atoms with Crippen LogP contribution in [0.3, 0.4) is 0 Å². The summed E-state index contributed by atoms with van der Waals surface area (Å²) in [6.07, 6.45) is 0. The third-order valence-electron chi connectivity index (χ3n) is 11.6. The molecule has 0 radical (unpaired) electrons. The molecular formula is C48H28O8S4. The van der Waals surface area contributed by atoms with Gasteiger partial charge in [0, 0.05) is 44.5 Å². The maximum Gasteiger partial charge on any atom is 0.207 e. The molecule has 60 heavy (non-hydrogen) atoms. The maximum atomic E-state index is 13.0. The van der Waals surface area contributed by atoms with Crippen molar-refractivity contribution in [2.24, 2.45) is 0 Å². The maximum absolute atomic E-state index is 13.0. The van der Waals surface area contributed by atoms with Gasteiger partial charge in [0.05, 0.1) is 39.2 Å². The zero-order valence-corrected chi connectivity index (χ0v) is 34.3. The average Bonchev–Trinajstić information content (AvgIpc) is 3.84. The summed E-state index contributed by atoms with van der Waals surface area (Å²) in [4.78, 5) is 2.27. The van der Waals surface area contributed by atoms with E-state index in [-0.39, 0.29) is 19.6 Å². The van der Waals surface area contributed by atoms with E-state index < -0.39 is 39.3 Å². The highest BCUT2D eigenvalue weighted by Gasteiger charge is 2.37.